The van der Waals surface area contributed by atoms with E-state index in [2.05, 4.69) is 5.32 Å². The molecule has 1 aliphatic heterocycles. The first-order valence-corrected chi connectivity index (χ1v) is 6.91. The second-order valence-electron chi connectivity index (χ2n) is 5.65. The summed E-state index contributed by atoms with van der Waals surface area (Å²) in [5.74, 6) is -1.23. The zero-order valence-corrected chi connectivity index (χ0v) is 12.5. The second-order valence-corrected chi connectivity index (χ2v) is 5.65. The summed E-state index contributed by atoms with van der Waals surface area (Å²) in [6.45, 7) is 0.461. The number of piperidine rings is 1. The zero-order chi connectivity index (χ0) is 16.2. The van der Waals surface area contributed by atoms with Crippen molar-refractivity contribution in [3.05, 3.63) is 0 Å². The van der Waals surface area contributed by atoms with Gasteiger partial charge in [-0.25, -0.2) is 0 Å². The molecule has 0 spiro atoms. The zero-order valence-electron chi connectivity index (χ0n) is 12.5. The summed E-state index contributed by atoms with van der Waals surface area (Å²) in [6.07, 6.45) is -2.86. The van der Waals surface area contributed by atoms with Gasteiger partial charge in [-0.05, 0) is 25.3 Å². The van der Waals surface area contributed by atoms with Gasteiger partial charge in [0.15, 0.2) is 0 Å². The van der Waals surface area contributed by atoms with Crippen LogP contribution in [0, 0.1) is 5.92 Å². The fraction of sp³-hybridized carbons (Fsp3) is 0.846. The molecule has 0 bridgehead atoms. The van der Waals surface area contributed by atoms with Gasteiger partial charge in [0.2, 0.25) is 11.8 Å². The SMILES string of the molecule is CC1CCCNC1C(=O)N(CC(=O)N(C)C)CC(F)(F)F. The molecule has 0 aromatic carbocycles. The highest BCUT2D eigenvalue weighted by Gasteiger charge is 2.38. The van der Waals surface area contributed by atoms with Gasteiger partial charge in [0.1, 0.15) is 13.1 Å². The Morgan fingerprint density at radius 1 is 1.29 bits per heavy atom. The number of nitrogens with zero attached hydrogens (tertiary/aromatic N) is 2. The van der Waals surface area contributed by atoms with Crippen LogP contribution in [0.1, 0.15) is 19.8 Å². The summed E-state index contributed by atoms with van der Waals surface area (Å²) >= 11 is 0. The van der Waals surface area contributed by atoms with Crippen LogP contribution in [0.15, 0.2) is 0 Å². The molecule has 2 atom stereocenters. The molecule has 2 amide bonds. The molecule has 0 radical (unpaired) electrons. The van der Waals surface area contributed by atoms with Crippen molar-refractivity contribution in [2.45, 2.75) is 32.0 Å². The molecule has 8 heteroatoms. The number of halogens is 3. The molecule has 1 fully saturated rings. The first-order chi connectivity index (χ1) is 9.61. The Labute approximate surface area is 122 Å². The molecule has 0 aromatic rings. The van der Waals surface area contributed by atoms with Gasteiger partial charge in [0.05, 0.1) is 6.04 Å². The fourth-order valence-corrected chi connectivity index (χ4v) is 2.31. The minimum absolute atomic E-state index is 0.0450. The van der Waals surface area contributed by atoms with E-state index in [1.807, 2.05) is 6.92 Å². The molecule has 0 aliphatic carbocycles. The van der Waals surface area contributed by atoms with Crippen LogP contribution in [0.25, 0.3) is 0 Å². The maximum atomic E-state index is 12.6. The normalized spacial score (nSPS) is 22.8. The highest BCUT2D eigenvalue weighted by atomic mass is 19.4. The molecule has 122 valence electrons. The van der Waals surface area contributed by atoms with E-state index >= 15 is 0 Å². The predicted molar refractivity (Wildman–Crippen MR) is 71.5 cm³/mol. The second kappa shape index (κ2) is 7.11. The van der Waals surface area contributed by atoms with Crippen molar-refractivity contribution < 1.29 is 22.8 Å². The minimum Gasteiger partial charge on any atom is -0.347 e. The molecule has 1 aliphatic rings. The van der Waals surface area contributed by atoms with Crippen molar-refractivity contribution in [3.8, 4) is 0 Å². The first-order valence-electron chi connectivity index (χ1n) is 6.91. The van der Waals surface area contributed by atoms with Crippen molar-refractivity contribution in [2.24, 2.45) is 5.92 Å². The molecular formula is C13H22F3N3O2. The van der Waals surface area contributed by atoms with Crippen molar-refractivity contribution in [1.29, 1.82) is 0 Å². The number of rotatable bonds is 4. The van der Waals surface area contributed by atoms with Crippen LogP contribution in [0.2, 0.25) is 0 Å². The van der Waals surface area contributed by atoms with Gasteiger partial charge in [-0.1, -0.05) is 6.92 Å². The molecule has 2 unspecified atom stereocenters. The van der Waals surface area contributed by atoms with E-state index in [9.17, 15) is 22.8 Å². The Bertz CT molecular complexity index is 385. The number of alkyl halides is 3. The molecule has 5 nitrogen and oxygen atoms in total. The number of hydrogen-bond acceptors (Lipinski definition) is 3. The Morgan fingerprint density at radius 3 is 2.38 bits per heavy atom. The van der Waals surface area contributed by atoms with Crippen LogP contribution < -0.4 is 5.32 Å². The summed E-state index contributed by atoms with van der Waals surface area (Å²) in [5.41, 5.74) is 0. The lowest BCUT2D eigenvalue weighted by Gasteiger charge is -2.34. The molecule has 0 aromatic heterocycles. The van der Waals surface area contributed by atoms with E-state index in [1.54, 1.807) is 0 Å². The molecule has 21 heavy (non-hydrogen) atoms. The number of likely N-dealkylation sites (N-methyl/N-ethyl adjacent to an activating group) is 1. The maximum Gasteiger partial charge on any atom is 0.406 e. The smallest absolute Gasteiger partial charge is 0.347 e. The minimum atomic E-state index is -4.53. The third-order valence-corrected chi connectivity index (χ3v) is 3.54. The van der Waals surface area contributed by atoms with Gasteiger partial charge < -0.3 is 15.1 Å². The average molecular weight is 309 g/mol. The van der Waals surface area contributed by atoms with Crippen LogP contribution in [0.3, 0.4) is 0 Å². The molecule has 1 N–H and O–H groups in total. The highest BCUT2D eigenvalue weighted by molar-refractivity contribution is 5.87. The Kier molecular flexibility index (Phi) is 6.00. The van der Waals surface area contributed by atoms with Crippen molar-refractivity contribution >= 4 is 11.8 Å². The van der Waals surface area contributed by atoms with Crippen molar-refractivity contribution in [1.82, 2.24) is 15.1 Å². The maximum absolute atomic E-state index is 12.6. The topological polar surface area (TPSA) is 52.7 Å². The quantitative estimate of drug-likeness (QED) is 0.838. The number of nitrogens with one attached hydrogen (secondary N) is 1. The Morgan fingerprint density at radius 2 is 1.90 bits per heavy atom. The van der Waals surface area contributed by atoms with Crippen molar-refractivity contribution in [2.75, 3.05) is 33.7 Å². The van der Waals surface area contributed by atoms with Gasteiger partial charge in [-0.3, -0.25) is 9.59 Å². The van der Waals surface area contributed by atoms with Crippen LogP contribution in [0.5, 0.6) is 0 Å². The van der Waals surface area contributed by atoms with E-state index in [4.69, 9.17) is 0 Å². The van der Waals surface area contributed by atoms with E-state index in [1.165, 1.54) is 19.0 Å². The van der Waals surface area contributed by atoms with Crippen LogP contribution in [-0.4, -0.2) is 67.6 Å². The molecule has 1 rings (SSSR count). The number of hydrogen-bond donors (Lipinski definition) is 1. The van der Waals surface area contributed by atoms with E-state index < -0.39 is 37.1 Å². The Balaban J connectivity index is 2.83. The first kappa shape index (κ1) is 17.7. The van der Waals surface area contributed by atoms with Gasteiger partial charge in [-0.15, -0.1) is 0 Å². The van der Waals surface area contributed by atoms with Crippen LogP contribution in [-0.2, 0) is 9.59 Å². The van der Waals surface area contributed by atoms with E-state index in [0.717, 1.165) is 12.8 Å². The van der Waals surface area contributed by atoms with Gasteiger partial charge >= 0.3 is 6.18 Å². The number of carbonyl (C=O) groups is 2. The number of amides is 2. The van der Waals surface area contributed by atoms with Gasteiger partial charge in [0.25, 0.3) is 0 Å². The number of carbonyl (C=O) groups excluding carboxylic acids is 2. The molecule has 1 saturated heterocycles. The summed E-state index contributed by atoms with van der Waals surface area (Å²) in [4.78, 5) is 25.8. The fourth-order valence-electron chi connectivity index (χ4n) is 2.31. The summed E-state index contributed by atoms with van der Waals surface area (Å²) in [6, 6.07) is -0.656. The van der Waals surface area contributed by atoms with Crippen LogP contribution in [0.4, 0.5) is 13.2 Å². The monoisotopic (exact) mass is 309 g/mol. The standard InChI is InChI=1S/C13H22F3N3O2/c1-9-5-4-6-17-11(9)12(21)19(8-13(14,15)16)7-10(20)18(2)3/h9,11,17H,4-8H2,1-3H3. The average Bonchev–Trinajstić information content (AvgIpc) is 2.36. The van der Waals surface area contributed by atoms with Gasteiger partial charge in [0, 0.05) is 14.1 Å². The van der Waals surface area contributed by atoms with Gasteiger partial charge in [-0.2, -0.15) is 13.2 Å². The third-order valence-electron chi connectivity index (χ3n) is 3.54. The third kappa shape index (κ3) is 5.53. The predicted octanol–water partition coefficient (Wildman–Crippen LogP) is 0.854. The van der Waals surface area contributed by atoms with Crippen molar-refractivity contribution in [3.63, 3.8) is 0 Å². The molecular weight excluding hydrogens is 287 g/mol. The summed E-state index contributed by atoms with van der Waals surface area (Å²) in [5, 5.41) is 2.95. The van der Waals surface area contributed by atoms with Crippen LogP contribution >= 0.6 is 0 Å². The summed E-state index contributed by atoms with van der Waals surface area (Å²) < 4.78 is 37.9. The Hall–Kier alpha value is -1.31. The summed E-state index contributed by atoms with van der Waals surface area (Å²) in [7, 11) is 2.89. The van der Waals surface area contributed by atoms with E-state index in [-0.39, 0.29) is 5.92 Å². The lowest BCUT2D eigenvalue weighted by atomic mass is 9.92. The largest absolute Gasteiger partial charge is 0.406 e. The lowest BCUT2D eigenvalue weighted by molar-refractivity contribution is -0.166. The molecule has 0 saturated carbocycles. The van der Waals surface area contributed by atoms with E-state index in [0.29, 0.717) is 11.4 Å². The molecule has 1 heterocycles. The lowest BCUT2D eigenvalue weighted by Crippen LogP contribution is -2.55. The highest BCUT2D eigenvalue weighted by Crippen LogP contribution is 2.21.